The molecule has 1 saturated heterocycles. The molecule has 2 aromatic rings. The predicted molar refractivity (Wildman–Crippen MR) is 64.6 cm³/mol. The van der Waals surface area contributed by atoms with Crippen LogP contribution in [0.3, 0.4) is 0 Å². The minimum Gasteiger partial charge on any atom is -0.381 e. The van der Waals surface area contributed by atoms with Gasteiger partial charge in [0.25, 0.3) is 0 Å². The van der Waals surface area contributed by atoms with Crippen molar-refractivity contribution in [1.82, 2.24) is 9.55 Å². The highest BCUT2D eigenvalue weighted by atomic mass is 32.1. The van der Waals surface area contributed by atoms with Crippen LogP contribution in [0.2, 0.25) is 0 Å². The first kappa shape index (κ1) is 10.1. The number of hydrogen-bond acceptors (Lipinski definition) is 3. The molecule has 0 atom stereocenters. The Labute approximate surface area is 98.7 Å². The summed E-state index contributed by atoms with van der Waals surface area (Å²) in [6.07, 6.45) is 6.17. The average Bonchev–Trinajstić information content (AvgIpc) is 3.01. The number of nitrogens with zero attached hydrogens (tertiary/aromatic N) is 2. The van der Waals surface area contributed by atoms with Crippen LogP contribution in [-0.2, 0) is 4.74 Å². The molecule has 0 unspecified atom stereocenters. The topological polar surface area (TPSA) is 27.1 Å². The van der Waals surface area contributed by atoms with Crippen LogP contribution in [0.15, 0.2) is 29.9 Å². The molecule has 0 radical (unpaired) electrons. The second kappa shape index (κ2) is 4.39. The Balaban J connectivity index is 1.92. The van der Waals surface area contributed by atoms with Gasteiger partial charge < -0.3 is 9.30 Å². The zero-order valence-corrected chi connectivity index (χ0v) is 9.82. The Morgan fingerprint density at radius 1 is 1.38 bits per heavy atom. The van der Waals surface area contributed by atoms with Crippen LogP contribution in [0.1, 0.15) is 18.9 Å². The van der Waals surface area contributed by atoms with Gasteiger partial charge in [0.2, 0.25) is 0 Å². The fourth-order valence-corrected chi connectivity index (χ4v) is 2.89. The molecule has 3 nitrogen and oxygen atoms in total. The molecule has 0 spiro atoms. The molecule has 0 N–H and O–H groups in total. The summed E-state index contributed by atoms with van der Waals surface area (Å²) in [5, 5.41) is 2.10. The summed E-state index contributed by atoms with van der Waals surface area (Å²) in [7, 11) is 0. The van der Waals surface area contributed by atoms with Crippen molar-refractivity contribution in [3.63, 3.8) is 0 Å². The lowest BCUT2D eigenvalue weighted by atomic mass is 10.1. The quantitative estimate of drug-likeness (QED) is 0.798. The molecule has 0 aliphatic carbocycles. The molecule has 16 heavy (non-hydrogen) atoms. The van der Waals surface area contributed by atoms with Crippen LogP contribution in [0.25, 0.3) is 10.7 Å². The highest BCUT2D eigenvalue weighted by Crippen LogP contribution is 2.29. The van der Waals surface area contributed by atoms with Crippen LogP contribution in [0.4, 0.5) is 0 Å². The number of ether oxygens (including phenoxy) is 1. The third kappa shape index (κ3) is 1.79. The molecule has 0 bridgehead atoms. The van der Waals surface area contributed by atoms with Crippen LogP contribution in [-0.4, -0.2) is 22.8 Å². The van der Waals surface area contributed by atoms with E-state index in [9.17, 15) is 0 Å². The number of aromatic nitrogens is 2. The van der Waals surface area contributed by atoms with Crippen molar-refractivity contribution in [2.75, 3.05) is 13.2 Å². The fourth-order valence-electron chi connectivity index (χ4n) is 2.17. The minimum absolute atomic E-state index is 0.549. The van der Waals surface area contributed by atoms with E-state index in [4.69, 9.17) is 4.74 Å². The third-order valence-corrected chi connectivity index (χ3v) is 3.86. The summed E-state index contributed by atoms with van der Waals surface area (Å²) in [5.74, 6) is 1.10. The first-order valence-electron chi connectivity index (χ1n) is 5.59. The van der Waals surface area contributed by atoms with Gasteiger partial charge in [-0.1, -0.05) is 6.07 Å². The average molecular weight is 234 g/mol. The zero-order chi connectivity index (χ0) is 10.8. The van der Waals surface area contributed by atoms with Crippen molar-refractivity contribution in [1.29, 1.82) is 0 Å². The van der Waals surface area contributed by atoms with E-state index in [-0.39, 0.29) is 0 Å². The van der Waals surface area contributed by atoms with E-state index in [2.05, 4.69) is 33.3 Å². The normalized spacial score (nSPS) is 17.8. The zero-order valence-electron chi connectivity index (χ0n) is 9.00. The van der Waals surface area contributed by atoms with Gasteiger partial charge in [0, 0.05) is 31.6 Å². The van der Waals surface area contributed by atoms with Crippen LogP contribution in [0, 0.1) is 0 Å². The maximum Gasteiger partial charge on any atom is 0.150 e. The van der Waals surface area contributed by atoms with Gasteiger partial charge in [0.1, 0.15) is 5.82 Å². The molecular weight excluding hydrogens is 220 g/mol. The molecule has 1 fully saturated rings. The summed E-state index contributed by atoms with van der Waals surface area (Å²) in [6.45, 7) is 1.74. The molecule has 84 valence electrons. The molecule has 0 saturated carbocycles. The molecule has 2 aromatic heterocycles. The van der Waals surface area contributed by atoms with Gasteiger partial charge in [0.05, 0.1) is 4.88 Å². The molecule has 3 heterocycles. The Bertz CT molecular complexity index is 443. The van der Waals surface area contributed by atoms with Crippen LogP contribution < -0.4 is 0 Å². The van der Waals surface area contributed by atoms with Gasteiger partial charge >= 0.3 is 0 Å². The maximum atomic E-state index is 5.40. The highest BCUT2D eigenvalue weighted by molar-refractivity contribution is 7.13. The lowest BCUT2D eigenvalue weighted by Gasteiger charge is -2.24. The van der Waals surface area contributed by atoms with Crippen molar-refractivity contribution >= 4 is 11.3 Å². The van der Waals surface area contributed by atoms with Gasteiger partial charge in [0.15, 0.2) is 0 Å². The minimum atomic E-state index is 0.549. The lowest BCUT2D eigenvalue weighted by molar-refractivity contribution is 0.0700. The Morgan fingerprint density at radius 3 is 3.00 bits per heavy atom. The van der Waals surface area contributed by atoms with Crippen LogP contribution >= 0.6 is 11.3 Å². The third-order valence-electron chi connectivity index (χ3n) is 2.99. The summed E-state index contributed by atoms with van der Waals surface area (Å²) in [6, 6.07) is 4.75. The molecule has 0 amide bonds. The molecule has 1 aliphatic rings. The Hall–Kier alpha value is -1.13. The van der Waals surface area contributed by atoms with E-state index in [1.807, 2.05) is 6.20 Å². The molecule has 0 aromatic carbocycles. The second-order valence-electron chi connectivity index (χ2n) is 3.98. The fraction of sp³-hybridized carbons (Fsp3) is 0.417. The first-order chi connectivity index (χ1) is 7.95. The van der Waals surface area contributed by atoms with Gasteiger partial charge in [-0.2, -0.15) is 0 Å². The van der Waals surface area contributed by atoms with Gasteiger partial charge in [-0.25, -0.2) is 4.98 Å². The van der Waals surface area contributed by atoms with E-state index in [1.54, 1.807) is 11.3 Å². The van der Waals surface area contributed by atoms with Crippen molar-refractivity contribution < 1.29 is 4.74 Å². The molecule has 4 heteroatoms. The van der Waals surface area contributed by atoms with Crippen molar-refractivity contribution in [2.24, 2.45) is 0 Å². The molecular formula is C12H14N2OS. The van der Waals surface area contributed by atoms with Crippen molar-refractivity contribution in [3.8, 4) is 10.7 Å². The standard InChI is InChI=1S/C12H14N2OS/c1-2-11(16-9-1)12-13-5-6-14(12)10-3-7-15-8-4-10/h1-2,5-6,9-10H,3-4,7-8H2. The van der Waals surface area contributed by atoms with Gasteiger partial charge in [-0.3, -0.25) is 0 Å². The first-order valence-corrected chi connectivity index (χ1v) is 6.47. The molecule has 1 aliphatic heterocycles. The molecule has 3 rings (SSSR count). The van der Waals surface area contributed by atoms with E-state index in [0.717, 1.165) is 31.9 Å². The highest BCUT2D eigenvalue weighted by Gasteiger charge is 2.18. The Kier molecular flexibility index (Phi) is 2.76. The Morgan fingerprint density at radius 2 is 2.25 bits per heavy atom. The monoisotopic (exact) mass is 234 g/mol. The van der Waals surface area contributed by atoms with Gasteiger partial charge in [-0.15, -0.1) is 11.3 Å². The number of imidazole rings is 1. The van der Waals surface area contributed by atoms with Gasteiger partial charge in [-0.05, 0) is 24.3 Å². The maximum absolute atomic E-state index is 5.40. The summed E-state index contributed by atoms with van der Waals surface area (Å²) in [4.78, 5) is 5.71. The summed E-state index contributed by atoms with van der Waals surface area (Å²) in [5.41, 5.74) is 0. The predicted octanol–water partition coefficient (Wildman–Crippen LogP) is 2.96. The van der Waals surface area contributed by atoms with E-state index < -0.39 is 0 Å². The van der Waals surface area contributed by atoms with Crippen molar-refractivity contribution in [3.05, 3.63) is 29.9 Å². The second-order valence-corrected chi connectivity index (χ2v) is 4.93. The van der Waals surface area contributed by atoms with E-state index in [1.165, 1.54) is 4.88 Å². The summed E-state index contributed by atoms with van der Waals surface area (Å²) < 4.78 is 7.70. The SMILES string of the molecule is c1csc(-c2nccn2C2CCOCC2)c1. The summed E-state index contributed by atoms with van der Waals surface area (Å²) >= 11 is 1.74. The number of hydrogen-bond donors (Lipinski definition) is 0. The largest absolute Gasteiger partial charge is 0.381 e. The lowest BCUT2D eigenvalue weighted by Crippen LogP contribution is -2.19. The van der Waals surface area contributed by atoms with E-state index in [0.29, 0.717) is 6.04 Å². The smallest absolute Gasteiger partial charge is 0.150 e. The van der Waals surface area contributed by atoms with Crippen LogP contribution in [0.5, 0.6) is 0 Å². The van der Waals surface area contributed by atoms with Crippen molar-refractivity contribution in [2.45, 2.75) is 18.9 Å². The number of thiophene rings is 1. The van der Waals surface area contributed by atoms with E-state index >= 15 is 0 Å². The number of rotatable bonds is 2.